The van der Waals surface area contributed by atoms with Gasteiger partial charge < -0.3 is 15.4 Å². The molecule has 0 aliphatic heterocycles. The Balaban J connectivity index is 2.78. The van der Waals surface area contributed by atoms with Crippen LogP contribution in [0.2, 0.25) is 5.02 Å². The van der Waals surface area contributed by atoms with Crippen molar-refractivity contribution in [2.75, 3.05) is 25.5 Å². The van der Waals surface area contributed by atoms with Gasteiger partial charge in [-0.1, -0.05) is 18.5 Å². The number of carbonyl (C=O) groups excluding carboxylic acids is 2. The van der Waals surface area contributed by atoms with Gasteiger partial charge in [-0.15, -0.1) is 0 Å². The molecule has 1 aromatic rings. The van der Waals surface area contributed by atoms with Crippen molar-refractivity contribution in [2.45, 2.75) is 13.3 Å². The summed E-state index contributed by atoms with van der Waals surface area (Å²) in [7, 11) is 1.28. The number of benzene rings is 1. The molecule has 0 heterocycles. The number of methoxy groups -OCH3 is 1. The number of esters is 1. The minimum atomic E-state index is -0.520. The van der Waals surface area contributed by atoms with E-state index in [-0.39, 0.29) is 18.0 Å². The molecule has 6 heteroatoms. The van der Waals surface area contributed by atoms with E-state index in [0.29, 0.717) is 10.7 Å². The van der Waals surface area contributed by atoms with Crippen molar-refractivity contribution in [3.63, 3.8) is 0 Å². The standard InChI is InChI=1S/C13H17ClN2O3/c1-3-6-15-8-12(17)16-11-7-9(14)4-5-10(11)13(18)19-2/h4-5,7,15H,3,6,8H2,1-2H3,(H,16,17). The van der Waals surface area contributed by atoms with Gasteiger partial charge in [-0.05, 0) is 31.2 Å². The fraction of sp³-hybridized carbons (Fsp3) is 0.385. The van der Waals surface area contributed by atoms with E-state index in [1.54, 1.807) is 6.07 Å². The Hall–Kier alpha value is -1.59. The summed E-state index contributed by atoms with van der Waals surface area (Å²) in [5, 5.41) is 6.04. The summed E-state index contributed by atoms with van der Waals surface area (Å²) >= 11 is 5.86. The summed E-state index contributed by atoms with van der Waals surface area (Å²) in [6.07, 6.45) is 0.942. The smallest absolute Gasteiger partial charge is 0.339 e. The fourth-order valence-corrected chi connectivity index (χ4v) is 1.65. The number of rotatable bonds is 6. The molecular weight excluding hydrogens is 268 g/mol. The Morgan fingerprint density at radius 2 is 2.11 bits per heavy atom. The highest BCUT2D eigenvalue weighted by molar-refractivity contribution is 6.31. The first-order chi connectivity index (χ1) is 9.08. The second-order valence-corrected chi connectivity index (χ2v) is 4.34. The Bertz CT molecular complexity index is 463. The van der Waals surface area contributed by atoms with Crippen molar-refractivity contribution < 1.29 is 14.3 Å². The van der Waals surface area contributed by atoms with E-state index in [1.807, 2.05) is 6.92 Å². The van der Waals surface area contributed by atoms with E-state index >= 15 is 0 Å². The van der Waals surface area contributed by atoms with Gasteiger partial charge in [-0.2, -0.15) is 0 Å². The van der Waals surface area contributed by atoms with E-state index in [1.165, 1.54) is 19.2 Å². The van der Waals surface area contributed by atoms with Crippen molar-refractivity contribution in [3.8, 4) is 0 Å². The number of anilines is 1. The predicted octanol–water partition coefficient (Wildman–Crippen LogP) is 2.06. The van der Waals surface area contributed by atoms with Crippen LogP contribution in [0, 0.1) is 0 Å². The largest absolute Gasteiger partial charge is 0.465 e. The molecule has 1 aromatic carbocycles. The Labute approximate surface area is 117 Å². The fourth-order valence-electron chi connectivity index (χ4n) is 1.48. The van der Waals surface area contributed by atoms with E-state index in [4.69, 9.17) is 11.6 Å². The van der Waals surface area contributed by atoms with Crippen LogP contribution in [0.5, 0.6) is 0 Å². The third kappa shape index (κ3) is 4.89. The molecule has 0 fully saturated rings. The molecular formula is C13H17ClN2O3. The molecule has 1 rings (SSSR count). The van der Waals surface area contributed by atoms with Crippen molar-refractivity contribution in [3.05, 3.63) is 28.8 Å². The van der Waals surface area contributed by atoms with Crippen molar-refractivity contribution in [1.29, 1.82) is 0 Å². The van der Waals surface area contributed by atoms with Crippen molar-refractivity contribution in [2.24, 2.45) is 0 Å². The van der Waals surface area contributed by atoms with Gasteiger partial charge in [0.2, 0.25) is 5.91 Å². The minimum Gasteiger partial charge on any atom is -0.465 e. The van der Waals surface area contributed by atoms with Gasteiger partial charge in [0.05, 0.1) is 24.9 Å². The SMILES string of the molecule is CCCNCC(=O)Nc1cc(Cl)ccc1C(=O)OC. The van der Waals surface area contributed by atoms with E-state index in [0.717, 1.165) is 13.0 Å². The molecule has 0 unspecified atom stereocenters. The van der Waals surface area contributed by atoms with E-state index in [9.17, 15) is 9.59 Å². The van der Waals surface area contributed by atoms with Crippen LogP contribution in [-0.2, 0) is 9.53 Å². The van der Waals surface area contributed by atoms with Crippen LogP contribution >= 0.6 is 11.6 Å². The number of hydrogen-bond donors (Lipinski definition) is 2. The second-order valence-electron chi connectivity index (χ2n) is 3.91. The lowest BCUT2D eigenvalue weighted by Crippen LogP contribution is -2.29. The Morgan fingerprint density at radius 1 is 1.37 bits per heavy atom. The van der Waals surface area contributed by atoms with Gasteiger partial charge >= 0.3 is 5.97 Å². The topological polar surface area (TPSA) is 67.4 Å². The average Bonchev–Trinajstić information content (AvgIpc) is 2.38. The molecule has 0 spiro atoms. The van der Waals surface area contributed by atoms with Crippen molar-refractivity contribution in [1.82, 2.24) is 5.32 Å². The first kappa shape index (κ1) is 15.5. The van der Waals surface area contributed by atoms with Gasteiger partial charge in [0.1, 0.15) is 0 Å². The highest BCUT2D eigenvalue weighted by Crippen LogP contribution is 2.21. The number of ether oxygens (including phenoxy) is 1. The Kier molecular flexibility index (Phi) is 6.32. The zero-order valence-electron chi connectivity index (χ0n) is 11.0. The van der Waals surface area contributed by atoms with Gasteiger partial charge in [-0.25, -0.2) is 4.79 Å². The molecule has 0 saturated carbocycles. The molecule has 0 aliphatic rings. The van der Waals surface area contributed by atoms with Gasteiger partial charge in [0.25, 0.3) is 0 Å². The molecule has 0 aliphatic carbocycles. The third-order valence-corrected chi connectivity index (χ3v) is 2.61. The van der Waals surface area contributed by atoms with Crippen LogP contribution in [0.15, 0.2) is 18.2 Å². The van der Waals surface area contributed by atoms with E-state index in [2.05, 4.69) is 15.4 Å². The van der Waals surface area contributed by atoms with Crippen LogP contribution in [-0.4, -0.2) is 32.1 Å². The number of amides is 1. The maximum Gasteiger partial charge on any atom is 0.339 e. The highest BCUT2D eigenvalue weighted by Gasteiger charge is 2.14. The molecule has 5 nitrogen and oxygen atoms in total. The molecule has 19 heavy (non-hydrogen) atoms. The van der Waals surface area contributed by atoms with Crippen LogP contribution in [0.1, 0.15) is 23.7 Å². The lowest BCUT2D eigenvalue weighted by atomic mass is 10.2. The molecule has 0 bridgehead atoms. The second kappa shape index (κ2) is 7.76. The number of halogens is 1. The maximum atomic E-state index is 11.7. The van der Waals surface area contributed by atoms with Crippen LogP contribution in [0.4, 0.5) is 5.69 Å². The van der Waals surface area contributed by atoms with Crippen LogP contribution in [0.25, 0.3) is 0 Å². The molecule has 0 radical (unpaired) electrons. The number of carbonyl (C=O) groups is 2. The predicted molar refractivity (Wildman–Crippen MR) is 74.6 cm³/mol. The summed E-state index contributed by atoms with van der Waals surface area (Å²) in [5.41, 5.74) is 0.624. The summed E-state index contributed by atoms with van der Waals surface area (Å²) in [4.78, 5) is 23.2. The zero-order valence-corrected chi connectivity index (χ0v) is 11.7. The molecule has 104 valence electrons. The summed E-state index contributed by atoms with van der Waals surface area (Å²) in [6.45, 7) is 2.95. The Morgan fingerprint density at radius 3 is 2.74 bits per heavy atom. The minimum absolute atomic E-state index is 0.182. The lowest BCUT2D eigenvalue weighted by molar-refractivity contribution is -0.115. The van der Waals surface area contributed by atoms with Gasteiger partial charge in [0, 0.05) is 5.02 Å². The first-order valence-corrected chi connectivity index (χ1v) is 6.34. The molecule has 2 N–H and O–H groups in total. The zero-order chi connectivity index (χ0) is 14.3. The van der Waals surface area contributed by atoms with Gasteiger partial charge in [0.15, 0.2) is 0 Å². The number of nitrogens with one attached hydrogen (secondary N) is 2. The number of hydrogen-bond acceptors (Lipinski definition) is 4. The molecule has 1 amide bonds. The van der Waals surface area contributed by atoms with E-state index < -0.39 is 5.97 Å². The maximum absolute atomic E-state index is 11.7. The normalized spacial score (nSPS) is 10.1. The summed E-state index contributed by atoms with van der Waals surface area (Å²) < 4.78 is 4.65. The third-order valence-electron chi connectivity index (χ3n) is 2.37. The van der Waals surface area contributed by atoms with Crippen molar-refractivity contribution >= 4 is 29.2 Å². The van der Waals surface area contributed by atoms with Crippen LogP contribution < -0.4 is 10.6 Å². The molecule has 0 atom stereocenters. The average molecular weight is 285 g/mol. The molecule has 0 saturated heterocycles. The van der Waals surface area contributed by atoms with Gasteiger partial charge in [-0.3, -0.25) is 4.79 Å². The monoisotopic (exact) mass is 284 g/mol. The lowest BCUT2D eigenvalue weighted by Gasteiger charge is -2.10. The van der Waals surface area contributed by atoms with Crippen LogP contribution in [0.3, 0.4) is 0 Å². The first-order valence-electron chi connectivity index (χ1n) is 5.97. The summed E-state index contributed by atoms with van der Waals surface area (Å²) in [5.74, 6) is -0.755. The highest BCUT2D eigenvalue weighted by atomic mass is 35.5. The molecule has 0 aromatic heterocycles. The quantitative estimate of drug-likeness (QED) is 0.620. The summed E-state index contributed by atoms with van der Waals surface area (Å²) in [6, 6.07) is 4.60.